The highest BCUT2D eigenvalue weighted by atomic mass is 19.4. The van der Waals surface area contributed by atoms with E-state index in [1.165, 1.54) is 0 Å². The van der Waals surface area contributed by atoms with Crippen molar-refractivity contribution in [1.82, 2.24) is 15.3 Å². The molecule has 2 heterocycles. The number of carbonyl (C=O) groups is 1. The van der Waals surface area contributed by atoms with E-state index in [0.717, 1.165) is 36.5 Å². The molecule has 0 spiro atoms. The maximum atomic E-state index is 13.5. The predicted molar refractivity (Wildman–Crippen MR) is 109 cm³/mol. The number of piperazine rings is 1. The largest absolute Gasteiger partial charge is 0.496 e. The number of nitrogens with one attached hydrogen (secondary N) is 1. The summed E-state index contributed by atoms with van der Waals surface area (Å²) in [6.45, 7) is 2.18. The monoisotopic (exact) mass is 470 g/mol. The van der Waals surface area contributed by atoms with Crippen LogP contribution in [0.1, 0.15) is 11.6 Å². The number of alkyl halides is 3. The van der Waals surface area contributed by atoms with E-state index in [9.17, 15) is 22.0 Å². The van der Waals surface area contributed by atoms with E-state index in [-0.39, 0.29) is 6.04 Å². The van der Waals surface area contributed by atoms with Crippen molar-refractivity contribution in [2.75, 3.05) is 31.6 Å². The van der Waals surface area contributed by atoms with Crippen molar-refractivity contribution in [3.05, 3.63) is 59.8 Å². The van der Waals surface area contributed by atoms with E-state index in [4.69, 9.17) is 14.6 Å². The van der Waals surface area contributed by atoms with E-state index >= 15 is 0 Å². The Morgan fingerprint density at radius 3 is 2.45 bits per heavy atom. The average molecular weight is 470 g/mol. The summed E-state index contributed by atoms with van der Waals surface area (Å²) >= 11 is 0. The Labute approximate surface area is 184 Å². The van der Waals surface area contributed by atoms with Gasteiger partial charge in [0.2, 0.25) is 0 Å². The van der Waals surface area contributed by atoms with Crippen molar-refractivity contribution in [2.45, 2.75) is 12.2 Å². The second-order valence-corrected chi connectivity index (χ2v) is 6.98. The van der Waals surface area contributed by atoms with E-state index in [2.05, 4.69) is 20.2 Å². The molecule has 0 radical (unpaired) electrons. The number of ether oxygens (including phenoxy) is 1. The van der Waals surface area contributed by atoms with Crippen LogP contribution in [0, 0.1) is 11.6 Å². The lowest BCUT2D eigenvalue weighted by Crippen LogP contribution is -2.46. The molecule has 1 aliphatic rings. The number of carboxylic acid groups (broad SMARTS) is 1. The van der Waals surface area contributed by atoms with Crippen LogP contribution in [-0.4, -0.2) is 54.0 Å². The van der Waals surface area contributed by atoms with Gasteiger partial charge in [0.05, 0.1) is 30.4 Å². The van der Waals surface area contributed by atoms with E-state index in [1.807, 2.05) is 24.3 Å². The summed E-state index contributed by atoms with van der Waals surface area (Å²) in [6, 6.07) is 10.1. The van der Waals surface area contributed by atoms with Crippen LogP contribution in [0.5, 0.6) is 5.75 Å². The number of fused-ring (bicyclic) bond motifs is 1. The molecule has 1 unspecified atom stereocenters. The Hall–Kier alpha value is -3.54. The molecule has 2 aromatic carbocycles. The highest BCUT2D eigenvalue weighted by Gasteiger charge is 2.38. The van der Waals surface area contributed by atoms with Gasteiger partial charge in [-0.3, -0.25) is 4.98 Å². The maximum Gasteiger partial charge on any atom is 0.490 e. The van der Waals surface area contributed by atoms with Gasteiger partial charge in [0, 0.05) is 37.3 Å². The van der Waals surface area contributed by atoms with Crippen molar-refractivity contribution in [2.24, 2.45) is 0 Å². The van der Waals surface area contributed by atoms with E-state index in [1.54, 1.807) is 13.3 Å². The van der Waals surface area contributed by atoms with Gasteiger partial charge in [0.1, 0.15) is 11.6 Å². The van der Waals surface area contributed by atoms with E-state index in [0.29, 0.717) is 23.4 Å². The Balaban J connectivity index is 0.000000383. The molecule has 0 aliphatic carbocycles. The topological polar surface area (TPSA) is 87.6 Å². The Morgan fingerprint density at radius 1 is 1.18 bits per heavy atom. The first-order chi connectivity index (χ1) is 15.6. The predicted octanol–water partition coefficient (Wildman–Crippen LogP) is 3.70. The lowest BCUT2D eigenvalue weighted by Gasteiger charge is -2.35. The number of hydrogen-bond acceptors (Lipinski definition) is 6. The smallest absolute Gasteiger partial charge is 0.490 e. The second kappa shape index (κ2) is 9.94. The molecule has 1 atom stereocenters. The third-order valence-electron chi connectivity index (χ3n) is 4.83. The number of para-hydroxylation sites is 1. The summed E-state index contributed by atoms with van der Waals surface area (Å²) < 4.78 is 64.0. The molecule has 1 saturated heterocycles. The first kappa shape index (κ1) is 24.1. The van der Waals surface area contributed by atoms with Crippen LogP contribution in [0.2, 0.25) is 0 Å². The summed E-state index contributed by atoms with van der Waals surface area (Å²) in [5, 5.41) is 10.6. The fraction of sp³-hybridized carbons (Fsp3) is 0.286. The standard InChI is InChI=1S/C19H18F2N4O.C2HF3O2/c1-26-18-5-3-2-4-12(18)17-11-25(7-6-22-17)19-10-23-15-8-13(20)14(21)9-16(15)24-19;3-2(4,5)1(6)7/h2-5,8-10,17,22H,6-7,11H2,1H3;(H,6,7). The van der Waals surface area contributed by atoms with Crippen LogP contribution in [0.15, 0.2) is 42.6 Å². The maximum absolute atomic E-state index is 13.5. The molecule has 33 heavy (non-hydrogen) atoms. The molecule has 1 aliphatic heterocycles. The van der Waals surface area contributed by atoms with Gasteiger partial charge in [-0.1, -0.05) is 18.2 Å². The van der Waals surface area contributed by atoms with Crippen LogP contribution in [0.4, 0.5) is 27.8 Å². The van der Waals surface area contributed by atoms with Crippen LogP contribution in [-0.2, 0) is 4.79 Å². The normalized spacial score (nSPS) is 16.2. The van der Waals surface area contributed by atoms with Crippen LogP contribution < -0.4 is 15.0 Å². The number of anilines is 1. The van der Waals surface area contributed by atoms with Gasteiger partial charge in [0.15, 0.2) is 11.6 Å². The van der Waals surface area contributed by atoms with Gasteiger partial charge in [-0.05, 0) is 6.07 Å². The number of aromatic nitrogens is 2. The molecule has 12 heteroatoms. The lowest BCUT2D eigenvalue weighted by atomic mass is 10.0. The number of methoxy groups -OCH3 is 1. The summed E-state index contributed by atoms with van der Waals surface area (Å²) in [5.74, 6) is -3.12. The van der Waals surface area contributed by atoms with Crippen molar-refractivity contribution in [3.63, 3.8) is 0 Å². The molecule has 176 valence electrons. The zero-order valence-corrected chi connectivity index (χ0v) is 17.2. The molecule has 0 saturated carbocycles. The van der Waals surface area contributed by atoms with Crippen LogP contribution >= 0.6 is 0 Å². The summed E-state index contributed by atoms with van der Waals surface area (Å²) in [5.41, 5.74) is 1.75. The first-order valence-corrected chi connectivity index (χ1v) is 9.63. The first-order valence-electron chi connectivity index (χ1n) is 9.63. The molecule has 1 fully saturated rings. The van der Waals surface area contributed by atoms with Crippen LogP contribution in [0.3, 0.4) is 0 Å². The van der Waals surface area contributed by atoms with Gasteiger partial charge < -0.3 is 20.1 Å². The molecular formula is C21H19F5N4O3. The van der Waals surface area contributed by atoms with Crippen LogP contribution in [0.25, 0.3) is 11.0 Å². The summed E-state index contributed by atoms with van der Waals surface area (Å²) in [4.78, 5) is 19.7. The molecule has 1 aromatic heterocycles. The molecule has 3 aromatic rings. The Bertz CT molecular complexity index is 1140. The van der Waals surface area contributed by atoms with Crippen molar-refractivity contribution < 1.29 is 36.6 Å². The number of rotatable bonds is 3. The fourth-order valence-electron chi connectivity index (χ4n) is 3.27. The minimum Gasteiger partial charge on any atom is -0.496 e. The van der Waals surface area contributed by atoms with Gasteiger partial charge in [-0.2, -0.15) is 13.2 Å². The lowest BCUT2D eigenvalue weighted by molar-refractivity contribution is -0.192. The highest BCUT2D eigenvalue weighted by Crippen LogP contribution is 2.28. The number of halogens is 5. The SMILES string of the molecule is COc1ccccc1C1CN(c2cnc3cc(F)c(F)cc3n2)CCN1.O=C(O)C(F)(F)F. The Morgan fingerprint density at radius 2 is 1.82 bits per heavy atom. The molecule has 4 rings (SSSR count). The Kier molecular flexibility index (Phi) is 7.26. The highest BCUT2D eigenvalue weighted by molar-refractivity contribution is 5.75. The zero-order valence-electron chi connectivity index (χ0n) is 17.2. The van der Waals surface area contributed by atoms with Gasteiger partial charge in [-0.15, -0.1) is 0 Å². The van der Waals surface area contributed by atoms with E-state index < -0.39 is 23.8 Å². The van der Waals surface area contributed by atoms with Crippen molar-refractivity contribution >= 4 is 22.8 Å². The third-order valence-corrected chi connectivity index (χ3v) is 4.83. The molecule has 0 bridgehead atoms. The number of hydrogen-bond donors (Lipinski definition) is 2. The van der Waals surface area contributed by atoms with Crippen molar-refractivity contribution in [3.8, 4) is 5.75 Å². The second-order valence-electron chi connectivity index (χ2n) is 6.98. The summed E-state index contributed by atoms with van der Waals surface area (Å²) in [6.07, 6.45) is -3.48. The number of carboxylic acids is 1. The zero-order chi connectivity index (χ0) is 24.2. The molecule has 0 amide bonds. The molecular weight excluding hydrogens is 451 g/mol. The van der Waals surface area contributed by atoms with Crippen molar-refractivity contribution in [1.29, 1.82) is 0 Å². The number of benzene rings is 2. The molecule has 2 N–H and O–H groups in total. The molecule has 7 nitrogen and oxygen atoms in total. The average Bonchev–Trinajstić information content (AvgIpc) is 2.79. The minimum absolute atomic E-state index is 0.0716. The van der Waals surface area contributed by atoms with Gasteiger partial charge in [0.25, 0.3) is 0 Å². The number of nitrogens with zero attached hydrogens (tertiary/aromatic N) is 3. The van der Waals surface area contributed by atoms with Gasteiger partial charge in [-0.25, -0.2) is 18.6 Å². The third kappa shape index (κ3) is 5.83. The van der Waals surface area contributed by atoms with Gasteiger partial charge >= 0.3 is 12.1 Å². The quantitative estimate of drug-likeness (QED) is 0.565. The number of aliphatic carboxylic acids is 1. The minimum atomic E-state index is -5.08. The summed E-state index contributed by atoms with van der Waals surface area (Å²) in [7, 11) is 1.65. The fourth-order valence-corrected chi connectivity index (χ4v) is 3.27.